The van der Waals surface area contributed by atoms with Gasteiger partial charge in [-0.25, -0.2) is 9.59 Å². The summed E-state index contributed by atoms with van der Waals surface area (Å²) in [5, 5.41) is 21.6. The van der Waals surface area contributed by atoms with E-state index in [0.29, 0.717) is 20.9 Å². The third kappa shape index (κ3) is 6.97. The number of aryl methyl sites for hydroxylation is 2. The van der Waals surface area contributed by atoms with Gasteiger partial charge in [0.05, 0.1) is 26.7 Å². The molecule has 0 aliphatic carbocycles. The van der Waals surface area contributed by atoms with Crippen LogP contribution in [0.1, 0.15) is 52.7 Å². The van der Waals surface area contributed by atoms with E-state index in [4.69, 9.17) is 32.7 Å². The van der Waals surface area contributed by atoms with E-state index in [2.05, 4.69) is 0 Å². The van der Waals surface area contributed by atoms with Gasteiger partial charge in [-0.1, -0.05) is 35.3 Å². The van der Waals surface area contributed by atoms with Gasteiger partial charge in [-0.05, 0) is 90.8 Å². The van der Waals surface area contributed by atoms with Gasteiger partial charge >= 0.3 is 19.3 Å². The highest BCUT2D eigenvalue weighted by atomic mass is 35.5. The van der Waals surface area contributed by atoms with Crippen LogP contribution < -0.4 is 5.59 Å². The molecule has 2 N–H and O–H groups in total. The summed E-state index contributed by atoms with van der Waals surface area (Å²) in [6.07, 6.45) is 0.613. The van der Waals surface area contributed by atoms with Crippen molar-refractivity contribution >= 4 is 69.9 Å². The van der Waals surface area contributed by atoms with E-state index in [1.807, 2.05) is 52.8 Å². The third-order valence-electron chi connectivity index (χ3n) is 5.57. The molecule has 0 fully saturated rings. The largest absolute Gasteiger partial charge is 0.506 e. The van der Waals surface area contributed by atoms with E-state index in [1.54, 1.807) is 39.1 Å². The Bertz CT molecular complexity index is 1540. The zero-order valence-electron chi connectivity index (χ0n) is 23.3. The first-order valence-corrected chi connectivity index (χ1v) is 13.1. The summed E-state index contributed by atoms with van der Waals surface area (Å²) in [5.74, 6) is 0. The van der Waals surface area contributed by atoms with Crippen molar-refractivity contribution in [2.45, 2.75) is 66.6 Å². The summed E-state index contributed by atoms with van der Waals surface area (Å²) in [5.41, 5.74) is 1.88. The zero-order valence-corrected chi connectivity index (χ0v) is 24.8. The number of nitrogens with zero attached hydrogens (tertiary/aromatic N) is 2. The molecule has 0 aliphatic rings. The second-order valence-electron chi connectivity index (χ2n) is 11.2. The van der Waals surface area contributed by atoms with E-state index in [9.17, 15) is 19.6 Å². The lowest BCUT2D eigenvalue weighted by molar-refractivity contribution is 0.0534. The van der Waals surface area contributed by atoms with E-state index >= 15 is 0 Å². The Morgan fingerprint density at radius 3 is 1.77 bits per heavy atom. The molecule has 2 aromatic heterocycles. The molecule has 208 valence electrons. The van der Waals surface area contributed by atoms with Gasteiger partial charge in [0.1, 0.15) is 11.2 Å². The first-order chi connectivity index (χ1) is 17.9. The number of halogens is 2. The Hall–Kier alpha value is -2.98. The number of hydrogen-bond acceptors (Lipinski definition) is 6. The van der Waals surface area contributed by atoms with Crippen LogP contribution in [0.15, 0.2) is 42.6 Å². The molecule has 8 nitrogen and oxygen atoms in total. The monoisotopic (exact) mass is 574 g/mol. The van der Waals surface area contributed by atoms with E-state index in [0.717, 1.165) is 26.6 Å². The topological polar surface area (TPSA) is 103 Å². The Labute approximate surface area is 238 Å². The fourth-order valence-electron chi connectivity index (χ4n) is 3.84. The average molecular weight is 575 g/mol. The number of carbonyl (C=O) groups is 2. The van der Waals surface area contributed by atoms with E-state index in [-0.39, 0.29) is 5.59 Å². The maximum absolute atomic E-state index is 12.3. The van der Waals surface area contributed by atoms with Crippen molar-refractivity contribution in [3.05, 3.63) is 63.8 Å². The van der Waals surface area contributed by atoms with Gasteiger partial charge in [0.15, 0.2) is 0 Å². The van der Waals surface area contributed by atoms with Crippen molar-refractivity contribution in [2.75, 3.05) is 0 Å². The summed E-state index contributed by atoms with van der Waals surface area (Å²) in [7, 11) is -1.80. The summed E-state index contributed by atoms with van der Waals surface area (Å²) in [4.78, 5) is 24.4. The number of aromatic nitrogens is 2. The molecule has 0 bridgehead atoms. The van der Waals surface area contributed by atoms with Crippen LogP contribution in [0.5, 0.6) is 0 Å². The Morgan fingerprint density at radius 1 is 0.769 bits per heavy atom. The van der Waals surface area contributed by atoms with Crippen LogP contribution >= 0.6 is 23.2 Å². The molecule has 0 radical (unpaired) electrons. The van der Waals surface area contributed by atoms with Crippen molar-refractivity contribution in [1.29, 1.82) is 0 Å². The number of benzene rings is 2. The summed E-state index contributed by atoms with van der Waals surface area (Å²) >= 11 is 12.4. The minimum Gasteiger partial charge on any atom is -0.443 e. The number of fused-ring (bicyclic) bond motifs is 2. The van der Waals surface area contributed by atoms with Gasteiger partial charge < -0.3 is 19.5 Å². The van der Waals surface area contributed by atoms with Crippen molar-refractivity contribution in [3.63, 3.8) is 0 Å². The van der Waals surface area contributed by atoms with Crippen LogP contribution in [0.4, 0.5) is 9.59 Å². The van der Waals surface area contributed by atoms with E-state index < -0.39 is 30.5 Å². The zero-order chi connectivity index (χ0) is 29.4. The molecule has 0 unspecified atom stereocenters. The SMILES string of the molecule is Cc1ccc2c(cc(B(O)O)n2C(=O)OC(C)(C)C)c1Cl.Cc1ccc2c(ccn2C(=O)OC(C)(C)C)c1Cl. The standard InChI is InChI=1S/C14H17BClNO4.C14H16ClNO2/c1-8-5-6-10-9(12(8)16)7-11(15(19)20)17(10)13(18)21-14(2,3)4;1-9-5-6-11-10(12(9)15)7-8-16(11)13(17)18-14(2,3)4/h5-7,19-20H,1-4H3;5-8H,1-4H3. The Balaban J connectivity index is 0.000000218. The lowest BCUT2D eigenvalue weighted by atomic mass is 9.86. The molecule has 4 rings (SSSR count). The van der Waals surface area contributed by atoms with Crippen molar-refractivity contribution in [1.82, 2.24) is 9.13 Å². The lowest BCUT2D eigenvalue weighted by Gasteiger charge is -2.21. The molecule has 39 heavy (non-hydrogen) atoms. The molecule has 2 heterocycles. The van der Waals surface area contributed by atoms with Crippen LogP contribution in [0, 0.1) is 13.8 Å². The van der Waals surface area contributed by atoms with Gasteiger partial charge in [0.2, 0.25) is 0 Å². The molecular formula is C28H33BCl2N2O6. The first kappa shape index (κ1) is 30.6. The van der Waals surface area contributed by atoms with Crippen LogP contribution in [0.25, 0.3) is 21.8 Å². The van der Waals surface area contributed by atoms with Gasteiger partial charge in [0, 0.05) is 17.0 Å². The molecule has 0 amide bonds. The first-order valence-electron chi connectivity index (χ1n) is 12.3. The molecule has 2 aromatic carbocycles. The highest BCUT2D eigenvalue weighted by Gasteiger charge is 2.28. The molecule has 11 heteroatoms. The van der Waals surface area contributed by atoms with Crippen LogP contribution in [0.2, 0.25) is 10.0 Å². The smallest absolute Gasteiger partial charge is 0.443 e. The fourth-order valence-corrected chi connectivity index (χ4v) is 4.27. The molecule has 0 saturated heterocycles. The maximum atomic E-state index is 12.3. The quantitative estimate of drug-likeness (QED) is 0.253. The Kier molecular flexibility index (Phi) is 8.82. The minimum absolute atomic E-state index is 0.0201. The molecule has 0 aliphatic heterocycles. The average Bonchev–Trinajstić information content (AvgIpc) is 3.40. The predicted octanol–water partition coefficient (Wildman–Crippen LogP) is 6.45. The van der Waals surface area contributed by atoms with Crippen molar-refractivity contribution in [3.8, 4) is 0 Å². The summed E-state index contributed by atoms with van der Waals surface area (Å²) in [6.45, 7) is 14.5. The molecule has 4 aromatic rings. The van der Waals surface area contributed by atoms with Crippen molar-refractivity contribution < 1.29 is 29.1 Å². The summed E-state index contributed by atoms with van der Waals surface area (Å²) in [6, 6.07) is 10.5. The van der Waals surface area contributed by atoms with Crippen molar-refractivity contribution in [2.24, 2.45) is 0 Å². The molecule has 0 atom stereocenters. The van der Waals surface area contributed by atoms with Gasteiger partial charge in [-0.3, -0.25) is 9.13 Å². The highest BCUT2D eigenvalue weighted by Crippen LogP contribution is 2.29. The molecular weight excluding hydrogens is 542 g/mol. The number of hydrogen-bond donors (Lipinski definition) is 2. The third-order valence-corrected chi connectivity index (χ3v) is 6.57. The second-order valence-corrected chi connectivity index (χ2v) is 11.9. The van der Waals surface area contributed by atoms with Gasteiger partial charge in [-0.15, -0.1) is 0 Å². The van der Waals surface area contributed by atoms with Crippen LogP contribution in [-0.4, -0.2) is 49.7 Å². The van der Waals surface area contributed by atoms with Crippen LogP contribution in [0.3, 0.4) is 0 Å². The van der Waals surface area contributed by atoms with Gasteiger partial charge in [0.25, 0.3) is 0 Å². The normalized spacial score (nSPS) is 11.8. The summed E-state index contributed by atoms with van der Waals surface area (Å²) < 4.78 is 13.3. The second kappa shape index (κ2) is 11.3. The number of rotatable bonds is 1. The fraction of sp³-hybridized carbons (Fsp3) is 0.357. The van der Waals surface area contributed by atoms with E-state index in [1.165, 1.54) is 10.6 Å². The predicted molar refractivity (Wildman–Crippen MR) is 156 cm³/mol. The number of carbonyl (C=O) groups excluding carboxylic acids is 2. The Morgan fingerprint density at radius 2 is 1.26 bits per heavy atom. The lowest BCUT2D eigenvalue weighted by Crippen LogP contribution is -2.40. The molecule has 0 spiro atoms. The molecule has 0 saturated carbocycles. The maximum Gasteiger partial charge on any atom is 0.506 e. The van der Waals surface area contributed by atoms with Crippen LogP contribution in [-0.2, 0) is 9.47 Å². The van der Waals surface area contributed by atoms with Gasteiger partial charge in [-0.2, -0.15) is 0 Å². The number of ether oxygens (including phenoxy) is 2. The highest BCUT2D eigenvalue weighted by molar-refractivity contribution is 6.59. The minimum atomic E-state index is -1.80.